The summed E-state index contributed by atoms with van der Waals surface area (Å²) in [5, 5.41) is 2.70. The zero-order chi connectivity index (χ0) is 20.5. The number of aromatic nitrogens is 2. The maximum atomic E-state index is 12.1. The summed E-state index contributed by atoms with van der Waals surface area (Å²) < 4.78 is 36.3. The van der Waals surface area contributed by atoms with Gasteiger partial charge in [-0.25, -0.2) is 0 Å². The number of carbonyl (C=O) groups is 1. The van der Waals surface area contributed by atoms with Crippen LogP contribution >= 0.6 is 0 Å². The first-order valence-corrected chi connectivity index (χ1v) is 8.42. The molecule has 2 rings (SSSR count). The number of halogens is 3. The Bertz CT molecular complexity index is 690. The van der Waals surface area contributed by atoms with Gasteiger partial charge in [0.25, 0.3) is 5.91 Å². The molecule has 148 valence electrons. The summed E-state index contributed by atoms with van der Waals surface area (Å²) in [6.07, 6.45) is -0.708. The predicted octanol–water partition coefficient (Wildman–Crippen LogP) is 3.65. The maximum Gasteiger partial charge on any atom is 0.389 e. The molecule has 0 aliphatic carbocycles. The van der Waals surface area contributed by atoms with Crippen molar-refractivity contribution < 1.29 is 18.0 Å². The SMILES string of the molecule is CC(C)(C)N.O=C(NCc1ccc(CCC(F)(F)F)nc1)c1ccncc1. The molecule has 0 bridgehead atoms. The lowest BCUT2D eigenvalue weighted by molar-refractivity contribution is -0.134. The summed E-state index contributed by atoms with van der Waals surface area (Å²) in [5.41, 5.74) is 6.94. The quantitative estimate of drug-likeness (QED) is 0.827. The fraction of sp³-hybridized carbons (Fsp3) is 0.421. The average Bonchev–Trinajstić information content (AvgIpc) is 2.57. The molecule has 0 atom stereocenters. The molecule has 1 amide bonds. The summed E-state index contributed by atoms with van der Waals surface area (Å²) in [4.78, 5) is 19.6. The van der Waals surface area contributed by atoms with Crippen LogP contribution < -0.4 is 11.1 Å². The molecule has 0 saturated heterocycles. The zero-order valence-corrected chi connectivity index (χ0v) is 15.7. The first-order valence-electron chi connectivity index (χ1n) is 8.42. The molecule has 0 aromatic carbocycles. The molecule has 2 aromatic rings. The van der Waals surface area contributed by atoms with Gasteiger partial charge in [-0.15, -0.1) is 0 Å². The normalized spacial score (nSPS) is 11.4. The Hall–Kier alpha value is -2.48. The molecule has 0 aliphatic rings. The second-order valence-corrected chi connectivity index (χ2v) is 7.06. The van der Waals surface area contributed by atoms with Gasteiger partial charge in [-0.2, -0.15) is 13.2 Å². The third kappa shape index (κ3) is 11.7. The van der Waals surface area contributed by atoms with Gasteiger partial charge >= 0.3 is 6.18 Å². The van der Waals surface area contributed by atoms with Gasteiger partial charge in [-0.1, -0.05) is 6.07 Å². The van der Waals surface area contributed by atoms with Crippen LogP contribution in [0.5, 0.6) is 0 Å². The monoisotopic (exact) mass is 382 g/mol. The number of nitrogens with two attached hydrogens (primary N) is 1. The van der Waals surface area contributed by atoms with Crippen molar-refractivity contribution in [2.24, 2.45) is 5.73 Å². The van der Waals surface area contributed by atoms with Gasteiger partial charge in [0.15, 0.2) is 0 Å². The molecule has 27 heavy (non-hydrogen) atoms. The van der Waals surface area contributed by atoms with Crippen LogP contribution in [0.25, 0.3) is 0 Å². The van der Waals surface area contributed by atoms with Gasteiger partial charge in [0, 0.05) is 48.4 Å². The Kier molecular flexibility index (Phi) is 8.36. The Labute approximate surface area is 157 Å². The van der Waals surface area contributed by atoms with Gasteiger partial charge in [0.2, 0.25) is 0 Å². The van der Waals surface area contributed by atoms with Crippen LogP contribution in [-0.4, -0.2) is 27.6 Å². The van der Waals surface area contributed by atoms with E-state index in [-0.39, 0.29) is 24.4 Å². The molecule has 0 fully saturated rings. The molecule has 0 saturated carbocycles. The van der Waals surface area contributed by atoms with E-state index in [0.29, 0.717) is 11.3 Å². The lowest BCUT2D eigenvalue weighted by Crippen LogP contribution is -2.26. The topological polar surface area (TPSA) is 80.9 Å². The third-order valence-electron chi connectivity index (χ3n) is 2.95. The Morgan fingerprint density at radius 2 is 1.70 bits per heavy atom. The highest BCUT2D eigenvalue weighted by atomic mass is 19.4. The van der Waals surface area contributed by atoms with E-state index in [0.717, 1.165) is 5.56 Å². The zero-order valence-electron chi connectivity index (χ0n) is 15.7. The highest BCUT2D eigenvalue weighted by molar-refractivity contribution is 5.93. The van der Waals surface area contributed by atoms with E-state index in [9.17, 15) is 18.0 Å². The van der Waals surface area contributed by atoms with Crippen LogP contribution in [0.3, 0.4) is 0 Å². The molecule has 0 unspecified atom stereocenters. The number of hydrogen-bond donors (Lipinski definition) is 2. The minimum atomic E-state index is -4.18. The van der Waals surface area contributed by atoms with Gasteiger partial charge in [0.05, 0.1) is 0 Å². The van der Waals surface area contributed by atoms with Crippen molar-refractivity contribution >= 4 is 5.91 Å². The molecule has 3 N–H and O–H groups in total. The van der Waals surface area contributed by atoms with Crippen molar-refractivity contribution in [2.45, 2.75) is 51.9 Å². The summed E-state index contributed by atoms with van der Waals surface area (Å²) in [7, 11) is 0. The van der Waals surface area contributed by atoms with Crippen molar-refractivity contribution in [2.75, 3.05) is 0 Å². The molecular formula is C19H25F3N4O. The van der Waals surface area contributed by atoms with E-state index in [1.54, 1.807) is 24.3 Å². The van der Waals surface area contributed by atoms with E-state index >= 15 is 0 Å². The predicted molar refractivity (Wildman–Crippen MR) is 98.0 cm³/mol. The van der Waals surface area contributed by atoms with E-state index in [1.165, 1.54) is 18.6 Å². The van der Waals surface area contributed by atoms with E-state index in [4.69, 9.17) is 5.73 Å². The second-order valence-electron chi connectivity index (χ2n) is 7.06. The fourth-order valence-corrected chi connectivity index (χ4v) is 1.77. The van der Waals surface area contributed by atoms with Crippen molar-refractivity contribution in [3.63, 3.8) is 0 Å². The van der Waals surface area contributed by atoms with Crippen LogP contribution in [0.15, 0.2) is 42.9 Å². The number of carbonyl (C=O) groups excluding carboxylic acids is 1. The number of nitrogens with one attached hydrogen (secondary N) is 1. The van der Waals surface area contributed by atoms with Crippen LogP contribution in [0.1, 0.15) is 48.8 Å². The smallest absolute Gasteiger partial charge is 0.348 e. The molecule has 0 spiro atoms. The molecular weight excluding hydrogens is 357 g/mol. The van der Waals surface area contributed by atoms with Crippen LogP contribution in [0, 0.1) is 0 Å². The first-order chi connectivity index (χ1) is 12.4. The maximum absolute atomic E-state index is 12.1. The lowest BCUT2D eigenvalue weighted by atomic mass is 10.1. The summed E-state index contributed by atoms with van der Waals surface area (Å²) in [6, 6.07) is 6.38. The average molecular weight is 382 g/mol. The number of pyridine rings is 2. The molecule has 8 heteroatoms. The number of aryl methyl sites for hydroxylation is 1. The summed E-state index contributed by atoms with van der Waals surface area (Å²) in [5.74, 6) is -0.247. The molecule has 2 heterocycles. The summed E-state index contributed by atoms with van der Waals surface area (Å²) >= 11 is 0. The number of hydrogen-bond acceptors (Lipinski definition) is 4. The van der Waals surface area contributed by atoms with Crippen molar-refractivity contribution in [3.05, 3.63) is 59.7 Å². The Morgan fingerprint density at radius 3 is 2.19 bits per heavy atom. The number of amides is 1. The van der Waals surface area contributed by atoms with Crippen molar-refractivity contribution in [1.29, 1.82) is 0 Å². The van der Waals surface area contributed by atoms with Gasteiger partial charge in [-0.05, 0) is 51.0 Å². The van der Waals surface area contributed by atoms with E-state index < -0.39 is 12.6 Å². The Morgan fingerprint density at radius 1 is 1.11 bits per heavy atom. The highest BCUT2D eigenvalue weighted by Crippen LogP contribution is 2.21. The van der Waals surface area contributed by atoms with Gasteiger partial charge in [0.1, 0.15) is 0 Å². The van der Waals surface area contributed by atoms with Crippen LogP contribution in [-0.2, 0) is 13.0 Å². The molecule has 5 nitrogen and oxygen atoms in total. The Balaban J connectivity index is 0.000000646. The molecule has 0 radical (unpaired) electrons. The van der Waals surface area contributed by atoms with Gasteiger partial charge in [-0.3, -0.25) is 14.8 Å². The molecule has 2 aromatic heterocycles. The minimum Gasteiger partial charge on any atom is -0.348 e. The van der Waals surface area contributed by atoms with Gasteiger partial charge < -0.3 is 11.1 Å². The third-order valence-corrected chi connectivity index (χ3v) is 2.95. The van der Waals surface area contributed by atoms with E-state index in [2.05, 4.69) is 15.3 Å². The fourth-order valence-electron chi connectivity index (χ4n) is 1.77. The lowest BCUT2D eigenvalue weighted by Gasteiger charge is -2.07. The van der Waals surface area contributed by atoms with Crippen LogP contribution in [0.4, 0.5) is 13.2 Å². The highest BCUT2D eigenvalue weighted by Gasteiger charge is 2.26. The van der Waals surface area contributed by atoms with Crippen LogP contribution in [0.2, 0.25) is 0 Å². The number of alkyl halides is 3. The minimum absolute atomic E-state index is 0. The van der Waals surface area contributed by atoms with Crippen molar-refractivity contribution in [1.82, 2.24) is 15.3 Å². The largest absolute Gasteiger partial charge is 0.389 e. The van der Waals surface area contributed by atoms with Crippen molar-refractivity contribution in [3.8, 4) is 0 Å². The number of rotatable bonds is 5. The summed E-state index contributed by atoms with van der Waals surface area (Å²) in [6.45, 7) is 6.15. The second kappa shape index (κ2) is 10.0. The first kappa shape index (κ1) is 22.6. The number of nitrogens with zero attached hydrogens (tertiary/aromatic N) is 2. The van der Waals surface area contributed by atoms with E-state index in [1.807, 2.05) is 20.8 Å². The standard InChI is InChI=1S/C15H14F3N3O.C4H11N/c16-15(17,18)6-3-13-2-1-11(9-20-13)10-21-14(22)12-4-7-19-8-5-12;1-4(2,3)5/h1-2,4-5,7-9H,3,6,10H2,(H,21,22);5H2,1-3H3. The molecule has 0 aliphatic heterocycles.